The van der Waals surface area contributed by atoms with Crippen LogP contribution in [-0.4, -0.2) is 36.7 Å². The van der Waals surface area contributed by atoms with E-state index in [4.69, 9.17) is 0 Å². The van der Waals surface area contributed by atoms with E-state index < -0.39 is 34.6 Å². The first-order chi connectivity index (χ1) is 20.0. The number of anilines is 1. The molecular formula is C31H28F2N6O3. The van der Waals surface area contributed by atoms with Crippen LogP contribution in [0.1, 0.15) is 76.5 Å². The van der Waals surface area contributed by atoms with E-state index in [0.29, 0.717) is 30.0 Å². The lowest BCUT2D eigenvalue weighted by Crippen LogP contribution is -2.37. The first-order valence-corrected chi connectivity index (χ1v) is 13.8. The molecule has 0 saturated heterocycles. The molecule has 0 radical (unpaired) electrons. The van der Waals surface area contributed by atoms with E-state index >= 15 is 0 Å². The van der Waals surface area contributed by atoms with Gasteiger partial charge in [0, 0.05) is 29.8 Å². The molecule has 2 aliphatic heterocycles. The maximum atomic E-state index is 14.9. The van der Waals surface area contributed by atoms with Gasteiger partial charge in [-0.15, -0.1) is 10.2 Å². The number of carbonyl (C=O) groups is 2. The number of hydrogen-bond donors (Lipinski definition) is 3. The number of amides is 2. The van der Waals surface area contributed by atoms with Crippen LogP contribution in [0.3, 0.4) is 0 Å². The SMILES string of the molecule is CC(C)(O)c1nnc2n1C[C@H](c1cccc(F)c1F)C[C@@H]2NC(=O)c1ccc2c(c1)C[C@@]1(C2)C(=O)Nc2ncccc21. The van der Waals surface area contributed by atoms with Crippen LogP contribution in [0.15, 0.2) is 54.7 Å². The summed E-state index contributed by atoms with van der Waals surface area (Å²) >= 11 is 0. The highest BCUT2D eigenvalue weighted by atomic mass is 19.2. The molecule has 11 heteroatoms. The second kappa shape index (κ2) is 9.25. The summed E-state index contributed by atoms with van der Waals surface area (Å²) in [5, 5.41) is 25.1. The monoisotopic (exact) mass is 570 g/mol. The lowest BCUT2D eigenvalue weighted by molar-refractivity contribution is -0.120. The summed E-state index contributed by atoms with van der Waals surface area (Å²) in [4.78, 5) is 31.0. The number of fused-ring (bicyclic) bond motifs is 4. The summed E-state index contributed by atoms with van der Waals surface area (Å²) in [6.45, 7) is 3.36. The van der Waals surface area contributed by atoms with Crippen molar-refractivity contribution < 1.29 is 23.5 Å². The van der Waals surface area contributed by atoms with Crippen molar-refractivity contribution in [3.63, 3.8) is 0 Å². The van der Waals surface area contributed by atoms with Gasteiger partial charge in [-0.2, -0.15) is 0 Å². The van der Waals surface area contributed by atoms with Crippen LogP contribution < -0.4 is 10.6 Å². The fourth-order valence-electron chi connectivity index (χ4n) is 6.72. The Kier molecular flexibility index (Phi) is 5.81. The minimum absolute atomic E-state index is 0.0989. The average molecular weight is 571 g/mol. The molecular weight excluding hydrogens is 542 g/mol. The van der Waals surface area contributed by atoms with E-state index in [-0.39, 0.29) is 36.2 Å². The number of benzene rings is 2. The molecule has 1 aliphatic carbocycles. The van der Waals surface area contributed by atoms with Gasteiger partial charge in [-0.05, 0) is 74.1 Å². The molecule has 4 aromatic rings. The third kappa shape index (κ3) is 4.02. The van der Waals surface area contributed by atoms with E-state index in [1.807, 2.05) is 18.2 Å². The van der Waals surface area contributed by atoms with Crippen LogP contribution in [0.5, 0.6) is 0 Å². The Morgan fingerprint density at radius 2 is 1.93 bits per heavy atom. The predicted molar refractivity (Wildman–Crippen MR) is 148 cm³/mol. The highest BCUT2D eigenvalue weighted by Crippen LogP contribution is 2.46. The molecule has 7 rings (SSSR count). The molecule has 9 nitrogen and oxygen atoms in total. The number of aliphatic hydroxyl groups is 1. The quantitative estimate of drug-likeness (QED) is 0.343. The van der Waals surface area contributed by atoms with Crippen molar-refractivity contribution in [2.24, 2.45) is 0 Å². The Morgan fingerprint density at radius 1 is 1.12 bits per heavy atom. The highest BCUT2D eigenvalue weighted by molar-refractivity contribution is 6.06. The maximum absolute atomic E-state index is 14.9. The summed E-state index contributed by atoms with van der Waals surface area (Å²) in [6, 6.07) is 12.5. The molecule has 4 heterocycles. The third-order valence-electron chi connectivity index (χ3n) is 8.73. The van der Waals surface area contributed by atoms with Gasteiger partial charge in [-0.1, -0.05) is 24.3 Å². The second-order valence-corrected chi connectivity index (χ2v) is 11.9. The zero-order chi connectivity index (χ0) is 29.4. The Hall–Kier alpha value is -4.51. The number of nitrogens with one attached hydrogen (secondary N) is 2. The van der Waals surface area contributed by atoms with E-state index in [9.17, 15) is 23.5 Å². The molecule has 1 spiro atoms. The van der Waals surface area contributed by atoms with Gasteiger partial charge in [0.05, 0.1) is 11.5 Å². The van der Waals surface area contributed by atoms with Gasteiger partial charge < -0.3 is 20.3 Å². The van der Waals surface area contributed by atoms with Gasteiger partial charge in [-0.25, -0.2) is 13.8 Å². The summed E-state index contributed by atoms with van der Waals surface area (Å²) < 4.78 is 30.7. The van der Waals surface area contributed by atoms with E-state index in [0.717, 1.165) is 22.8 Å². The lowest BCUT2D eigenvalue weighted by Gasteiger charge is -2.32. The van der Waals surface area contributed by atoms with E-state index in [2.05, 4.69) is 25.8 Å². The second-order valence-electron chi connectivity index (χ2n) is 11.9. The van der Waals surface area contributed by atoms with Gasteiger partial charge in [0.2, 0.25) is 5.91 Å². The molecule has 42 heavy (non-hydrogen) atoms. The largest absolute Gasteiger partial charge is 0.382 e. The van der Waals surface area contributed by atoms with Crippen LogP contribution >= 0.6 is 0 Å². The van der Waals surface area contributed by atoms with Gasteiger partial charge in [0.25, 0.3) is 5.91 Å². The first kappa shape index (κ1) is 26.4. The normalized spacial score (nSPS) is 22.5. The number of nitrogens with zero attached hydrogens (tertiary/aromatic N) is 4. The van der Waals surface area contributed by atoms with Crippen molar-refractivity contribution in [1.82, 2.24) is 25.1 Å². The molecule has 3 aliphatic rings. The zero-order valence-corrected chi connectivity index (χ0v) is 23.0. The summed E-state index contributed by atoms with van der Waals surface area (Å²) in [7, 11) is 0. The molecule has 2 aromatic heterocycles. The van der Waals surface area contributed by atoms with Gasteiger partial charge in [0.15, 0.2) is 23.3 Å². The molecule has 3 N–H and O–H groups in total. The molecule has 3 atom stereocenters. The molecule has 0 saturated carbocycles. The molecule has 0 fully saturated rings. The van der Waals surface area contributed by atoms with E-state index in [1.54, 1.807) is 36.7 Å². The fourth-order valence-corrected chi connectivity index (χ4v) is 6.72. The van der Waals surface area contributed by atoms with Crippen LogP contribution in [0, 0.1) is 11.6 Å². The van der Waals surface area contributed by atoms with Crippen molar-refractivity contribution in [1.29, 1.82) is 0 Å². The Balaban J connectivity index is 1.19. The maximum Gasteiger partial charge on any atom is 0.251 e. The minimum atomic E-state index is -1.35. The van der Waals surface area contributed by atoms with Crippen molar-refractivity contribution in [2.45, 2.75) is 62.6 Å². The van der Waals surface area contributed by atoms with E-state index in [1.165, 1.54) is 12.1 Å². The average Bonchev–Trinajstić information content (AvgIpc) is 3.64. The summed E-state index contributed by atoms with van der Waals surface area (Å²) in [6.07, 6.45) is 2.86. The number of halogens is 2. The minimum Gasteiger partial charge on any atom is -0.382 e. The number of pyridine rings is 1. The number of aromatic nitrogens is 4. The Labute approximate surface area is 240 Å². The van der Waals surface area contributed by atoms with Crippen molar-refractivity contribution in [2.75, 3.05) is 5.32 Å². The standard InChI is InChI=1S/C31H28F2N6O3/c1-30(2,42)28-38-37-26-23(12-19(15-39(26)28)20-5-3-7-22(32)24(20)33)35-27(40)16-8-9-17-13-31(14-18(17)11-16)21-6-4-10-34-25(21)36-29(31)41/h3-11,19,23,42H,12-15H2,1-2H3,(H,35,40)(H,34,36,41)/t19-,23+,31-/m1/s1. The highest BCUT2D eigenvalue weighted by Gasteiger charge is 2.51. The molecule has 0 bridgehead atoms. The van der Waals surface area contributed by atoms with Crippen molar-refractivity contribution in [3.05, 3.63) is 106 Å². The molecule has 214 valence electrons. The summed E-state index contributed by atoms with van der Waals surface area (Å²) in [5.41, 5.74) is 1.25. The van der Waals surface area contributed by atoms with Gasteiger partial charge in [-0.3, -0.25) is 9.59 Å². The Bertz CT molecular complexity index is 1780. The number of hydrogen-bond acceptors (Lipinski definition) is 6. The molecule has 0 unspecified atom stereocenters. The fraction of sp³-hybridized carbons (Fsp3) is 0.323. The number of rotatable bonds is 4. The Morgan fingerprint density at radius 3 is 2.74 bits per heavy atom. The topological polar surface area (TPSA) is 122 Å². The zero-order valence-electron chi connectivity index (χ0n) is 23.0. The smallest absolute Gasteiger partial charge is 0.251 e. The van der Waals surface area contributed by atoms with Crippen LogP contribution in [0.25, 0.3) is 0 Å². The van der Waals surface area contributed by atoms with Gasteiger partial charge >= 0.3 is 0 Å². The van der Waals surface area contributed by atoms with Crippen molar-refractivity contribution in [3.8, 4) is 0 Å². The third-order valence-corrected chi connectivity index (χ3v) is 8.73. The lowest BCUT2D eigenvalue weighted by atomic mass is 9.79. The van der Waals surface area contributed by atoms with Gasteiger partial charge in [0.1, 0.15) is 11.4 Å². The summed E-state index contributed by atoms with van der Waals surface area (Å²) in [5.74, 6) is -1.59. The van der Waals surface area contributed by atoms with Crippen molar-refractivity contribution >= 4 is 17.6 Å². The first-order valence-electron chi connectivity index (χ1n) is 13.8. The van der Waals surface area contributed by atoms with Crippen LogP contribution in [0.2, 0.25) is 0 Å². The number of carbonyl (C=O) groups excluding carboxylic acids is 2. The van der Waals surface area contributed by atoms with Crippen LogP contribution in [-0.2, 0) is 35.2 Å². The molecule has 2 aromatic carbocycles. The predicted octanol–water partition coefficient (Wildman–Crippen LogP) is 3.83. The van der Waals surface area contributed by atoms with Crippen LogP contribution in [0.4, 0.5) is 14.6 Å². The molecule has 2 amide bonds.